The number of hydrogen-bond donors (Lipinski definition) is 2. The molecule has 1 saturated carbocycles. The van der Waals surface area contributed by atoms with Gasteiger partial charge in [0.1, 0.15) is 29.8 Å². The fourth-order valence-electron chi connectivity index (χ4n) is 6.59. The maximum absolute atomic E-state index is 14.5. The zero-order chi connectivity index (χ0) is 36.0. The fourth-order valence-corrected chi connectivity index (χ4v) is 7.32. The summed E-state index contributed by atoms with van der Waals surface area (Å²) in [5, 5.41) is 12.7. The van der Waals surface area contributed by atoms with Crippen LogP contribution in [0.5, 0.6) is 5.75 Å². The van der Waals surface area contributed by atoms with Gasteiger partial charge in [0, 0.05) is 37.7 Å². The summed E-state index contributed by atoms with van der Waals surface area (Å²) < 4.78 is 64.5. The van der Waals surface area contributed by atoms with E-state index in [0.717, 1.165) is 42.8 Å². The van der Waals surface area contributed by atoms with Crippen molar-refractivity contribution in [2.75, 3.05) is 23.0 Å². The molecular weight excluding hydrogens is 702 g/mol. The number of carbonyl (C=O) groups excluding carboxylic acids is 1. The minimum Gasteiger partial charge on any atom is -0.497 e. The number of carbonyl (C=O) groups is 1. The highest BCUT2D eigenvalue weighted by molar-refractivity contribution is 7.92. The molecule has 2 N–H and O–H groups in total. The lowest BCUT2D eigenvalue weighted by Gasteiger charge is -2.35. The van der Waals surface area contributed by atoms with Crippen LogP contribution in [0.4, 0.5) is 26.0 Å². The average molecular weight is 737 g/mol. The number of fused-ring (bicyclic) bond motifs is 2. The maximum Gasteiger partial charge on any atom is 0.242 e. The molecule has 266 valence electrons. The lowest BCUT2D eigenvalue weighted by Crippen LogP contribution is -2.51. The zero-order valence-corrected chi connectivity index (χ0v) is 29.6. The minimum atomic E-state index is -3.71. The van der Waals surface area contributed by atoms with E-state index in [1.807, 2.05) is 23.1 Å². The third-order valence-corrected chi connectivity index (χ3v) is 10.0. The number of benzene rings is 3. The SMILES string of the molecule is COc1ccc2c(c1)N=C([C@H](Cc1cc(F)cc(F)c1)NC(=O)Cn1ccc(C3CCC3)n1)N(c1ccc(Cl)c3c(NS(C)(=O)=O)nn(C)c13)C2. The number of hydrogen-bond acceptors (Lipinski definition) is 8. The van der Waals surface area contributed by atoms with Gasteiger partial charge in [0.15, 0.2) is 5.82 Å². The van der Waals surface area contributed by atoms with Crippen molar-refractivity contribution in [2.45, 2.75) is 50.7 Å². The molecule has 0 unspecified atom stereocenters. The Bertz CT molecular complexity index is 2280. The van der Waals surface area contributed by atoms with Gasteiger partial charge in [0.05, 0.1) is 58.9 Å². The number of aryl methyl sites for hydroxylation is 1. The van der Waals surface area contributed by atoms with Crippen LogP contribution in [0.1, 0.15) is 42.0 Å². The summed E-state index contributed by atoms with van der Waals surface area (Å²) in [6.07, 6.45) is 6.06. The number of sulfonamides is 1. The monoisotopic (exact) mass is 736 g/mol. The van der Waals surface area contributed by atoms with Crippen molar-refractivity contribution in [3.8, 4) is 5.75 Å². The number of halogens is 3. The lowest BCUT2D eigenvalue weighted by atomic mass is 9.83. The Morgan fingerprint density at radius 3 is 2.53 bits per heavy atom. The zero-order valence-electron chi connectivity index (χ0n) is 28.0. The van der Waals surface area contributed by atoms with Crippen molar-refractivity contribution in [1.82, 2.24) is 24.9 Å². The number of methoxy groups -OCH3 is 1. The Labute approximate surface area is 298 Å². The summed E-state index contributed by atoms with van der Waals surface area (Å²) in [5.41, 5.74) is 3.68. The van der Waals surface area contributed by atoms with Gasteiger partial charge in [-0.15, -0.1) is 0 Å². The Morgan fingerprint density at radius 1 is 1.08 bits per heavy atom. The molecule has 16 heteroatoms. The first-order valence-corrected chi connectivity index (χ1v) is 18.6. The van der Waals surface area contributed by atoms with Crippen molar-refractivity contribution in [1.29, 1.82) is 0 Å². The number of ether oxygens (including phenoxy) is 1. The fraction of sp³-hybridized carbons (Fsp3) is 0.314. The van der Waals surface area contributed by atoms with E-state index in [-0.39, 0.29) is 36.3 Å². The van der Waals surface area contributed by atoms with Gasteiger partial charge < -0.3 is 15.0 Å². The molecule has 1 fully saturated rings. The van der Waals surface area contributed by atoms with Crippen molar-refractivity contribution >= 4 is 61.5 Å². The molecule has 0 saturated heterocycles. The number of rotatable bonds is 11. The van der Waals surface area contributed by atoms with E-state index in [2.05, 4.69) is 20.2 Å². The van der Waals surface area contributed by atoms with E-state index in [0.29, 0.717) is 45.3 Å². The third-order valence-electron chi connectivity index (χ3n) is 9.12. The number of amides is 1. The van der Waals surface area contributed by atoms with Crippen LogP contribution in [0.25, 0.3) is 10.9 Å². The third kappa shape index (κ3) is 7.26. The molecule has 2 aliphatic rings. The van der Waals surface area contributed by atoms with Gasteiger partial charge in [0.2, 0.25) is 15.9 Å². The molecule has 0 bridgehead atoms. The van der Waals surface area contributed by atoms with Crippen molar-refractivity contribution in [3.63, 3.8) is 0 Å². The normalized spacial score (nSPS) is 15.3. The molecule has 2 aromatic heterocycles. The molecule has 0 spiro atoms. The van der Waals surface area contributed by atoms with Gasteiger partial charge in [-0.25, -0.2) is 22.2 Å². The Kier molecular flexibility index (Phi) is 9.18. The largest absolute Gasteiger partial charge is 0.497 e. The number of aromatic nitrogens is 4. The number of amidine groups is 1. The van der Waals surface area contributed by atoms with Crippen LogP contribution in [-0.4, -0.2) is 59.1 Å². The summed E-state index contributed by atoms with van der Waals surface area (Å²) in [5.74, 6) is -0.546. The molecule has 12 nitrogen and oxygen atoms in total. The first-order chi connectivity index (χ1) is 24.3. The number of nitrogens with zero attached hydrogens (tertiary/aromatic N) is 6. The van der Waals surface area contributed by atoms with Crippen LogP contribution in [0.3, 0.4) is 0 Å². The van der Waals surface area contributed by atoms with Crippen molar-refractivity contribution < 1.29 is 26.7 Å². The second-order valence-corrected chi connectivity index (χ2v) is 15.0. The number of anilines is 2. The van der Waals surface area contributed by atoms with Gasteiger partial charge in [-0.3, -0.25) is 18.9 Å². The maximum atomic E-state index is 14.5. The van der Waals surface area contributed by atoms with Crippen LogP contribution in [0.15, 0.2) is 65.8 Å². The highest BCUT2D eigenvalue weighted by atomic mass is 35.5. The molecule has 1 aliphatic heterocycles. The van der Waals surface area contributed by atoms with Crippen molar-refractivity contribution in [3.05, 3.63) is 94.3 Å². The highest BCUT2D eigenvalue weighted by Crippen LogP contribution is 2.41. The first-order valence-electron chi connectivity index (χ1n) is 16.3. The van der Waals surface area contributed by atoms with E-state index in [4.69, 9.17) is 21.3 Å². The van der Waals surface area contributed by atoms with Crippen LogP contribution in [0, 0.1) is 11.6 Å². The average Bonchev–Trinajstić information content (AvgIpc) is 3.61. The molecule has 51 heavy (non-hydrogen) atoms. The Morgan fingerprint density at radius 2 is 1.84 bits per heavy atom. The Hall–Kier alpha value is -5.02. The molecule has 3 aromatic carbocycles. The van der Waals surface area contributed by atoms with Gasteiger partial charge in [-0.2, -0.15) is 10.2 Å². The molecule has 0 radical (unpaired) electrons. The molecule has 1 atom stereocenters. The molecule has 5 aromatic rings. The quantitative estimate of drug-likeness (QED) is 0.174. The molecule has 3 heterocycles. The van der Waals surface area contributed by atoms with E-state index >= 15 is 0 Å². The smallest absolute Gasteiger partial charge is 0.242 e. The molecule has 7 rings (SSSR count). The summed E-state index contributed by atoms with van der Waals surface area (Å²) in [4.78, 5) is 20.7. The van der Waals surface area contributed by atoms with Gasteiger partial charge >= 0.3 is 0 Å². The summed E-state index contributed by atoms with van der Waals surface area (Å²) in [6, 6.07) is 13.1. The van der Waals surface area contributed by atoms with Crippen LogP contribution in [-0.2, 0) is 41.4 Å². The summed E-state index contributed by atoms with van der Waals surface area (Å²) in [6.45, 7) is 0.161. The van der Waals surface area contributed by atoms with E-state index in [9.17, 15) is 22.0 Å². The second-order valence-electron chi connectivity index (χ2n) is 12.9. The summed E-state index contributed by atoms with van der Waals surface area (Å²) in [7, 11) is -0.509. The molecule has 1 amide bonds. The Balaban J connectivity index is 1.34. The lowest BCUT2D eigenvalue weighted by molar-refractivity contribution is -0.122. The summed E-state index contributed by atoms with van der Waals surface area (Å²) >= 11 is 6.66. The van der Waals surface area contributed by atoms with Crippen molar-refractivity contribution in [2.24, 2.45) is 12.0 Å². The van der Waals surface area contributed by atoms with Gasteiger partial charge in [0.25, 0.3) is 0 Å². The van der Waals surface area contributed by atoms with Crippen LogP contribution in [0.2, 0.25) is 5.02 Å². The molecule has 1 aliphatic carbocycles. The second kappa shape index (κ2) is 13.6. The minimum absolute atomic E-state index is 0.0233. The molecular formula is C35H35ClF2N8O4S. The topological polar surface area (TPSA) is 136 Å². The van der Waals surface area contributed by atoms with E-state index in [1.54, 1.807) is 43.2 Å². The first kappa shape index (κ1) is 34.4. The van der Waals surface area contributed by atoms with Crippen LogP contribution >= 0.6 is 11.6 Å². The van der Waals surface area contributed by atoms with Gasteiger partial charge in [-0.1, -0.05) is 24.1 Å². The number of aliphatic imine (C=N–C) groups is 1. The number of nitrogens with one attached hydrogen (secondary N) is 2. The van der Waals surface area contributed by atoms with E-state index < -0.39 is 27.7 Å². The highest BCUT2D eigenvalue weighted by Gasteiger charge is 2.33. The standard InChI is InChI=1S/C35H35ClF2N8O4S/c1-44-33-30(10-9-26(36)32(33)34(42-44)43-51(3,48)49)46-18-22-7-8-25(50-2)17-28(22)40-35(46)29(15-20-13-23(37)16-24(38)14-20)39-31(47)19-45-12-11-27(41-45)21-5-4-6-21/h7-14,16-17,21,29H,4-6,15,18-19H2,1-3H3,(H,39,47)(H,42,43)/t29-/m0/s1. The predicted octanol–water partition coefficient (Wildman–Crippen LogP) is 5.83. The van der Waals surface area contributed by atoms with Crippen LogP contribution < -0.4 is 19.7 Å². The van der Waals surface area contributed by atoms with E-state index in [1.165, 1.54) is 16.8 Å². The van der Waals surface area contributed by atoms with Gasteiger partial charge in [-0.05, 0) is 60.4 Å². The predicted molar refractivity (Wildman–Crippen MR) is 191 cm³/mol.